The lowest BCUT2D eigenvalue weighted by Crippen LogP contribution is -2.44. The van der Waals surface area contributed by atoms with Crippen molar-refractivity contribution in [3.8, 4) is 5.75 Å². The molecule has 1 aromatic rings. The first-order chi connectivity index (χ1) is 19.4. The number of amides is 2. The molecule has 4 rings (SSSR count). The largest absolute Gasteiger partial charge is 0.495 e. The molecule has 2 amide bonds. The Hall–Kier alpha value is -3.19. The van der Waals surface area contributed by atoms with Crippen LogP contribution in [0.3, 0.4) is 0 Å². The van der Waals surface area contributed by atoms with Crippen LogP contribution in [0, 0.1) is 10.8 Å². The number of benzene rings is 1. The second-order valence-corrected chi connectivity index (χ2v) is 11.3. The number of methoxy groups -OCH3 is 2. The van der Waals surface area contributed by atoms with E-state index >= 15 is 0 Å². The first-order valence-corrected chi connectivity index (χ1v) is 13.6. The summed E-state index contributed by atoms with van der Waals surface area (Å²) in [5.41, 5.74) is -0.708. The Morgan fingerprint density at radius 2 is 2.00 bits per heavy atom. The molecule has 4 bridgehead atoms. The molecular weight excluding hydrogens is 556 g/mol. The van der Waals surface area contributed by atoms with Crippen LogP contribution < -0.4 is 9.64 Å². The van der Waals surface area contributed by atoms with Gasteiger partial charge in [0.25, 0.3) is 0 Å². The van der Waals surface area contributed by atoms with Gasteiger partial charge in [-0.15, -0.1) is 10.0 Å². The molecule has 7 unspecified atom stereocenters. The molecule has 3 aliphatic rings. The Labute approximate surface area is 243 Å². The molecule has 41 heavy (non-hydrogen) atoms. The Balaban J connectivity index is 1.79. The predicted octanol–water partition coefficient (Wildman–Crippen LogP) is 4.75. The normalized spacial score (nSPS) is 36.3. The van der Waals surface area contributed by atoms with Gasteiger partial charge >= 0.3 is 6.09 Å². The van der Waals surface area contributed by atoms with Gasteiger partial charge in [0.05, 0.1) is 31.4 Å². The van der Waals surface area contributed by atoms with E-state index in [-0.39, 0.29) is 23.8 Å². The van der Waals surface area contributed by atoms with Crippen molar-refractivity contribution in [2.75, 3.05) is 26.2 Å². The van der Waals surface area contributed by atoms with Crippen molar-refractivity contribution >= 4 is 29.3 Å². The summed E-state index contributed by atoms with van der Waals surface area (Å²) < 4.78 is 22.5. The van der Waals surface area contributed by atoms with E-state index in [1.54, 1.807) is 45.2 Å². The molecule has 3 aliphatic heterocycles. The van der Waals surface area contributed by atoms with E-state index in [0.29, 0.717) is 17.9 Å². The molecule has 13 heteroatoms. The molecule has 0 aliphatic carbocycles. The number of aliphatic hydroxyl groups is 1. The van der Waals surface area contributed by atoms with Crippen LogP contribution in [0.1, 0.15) is 39.2 Å². The zero-order chi connectivity index (χ0) is 30.1. The van der Waals surface area contributed by atoms with E-state index in [9.17, 15) is 19.6 Å². The summed E-state index contributed by atoms with van der Waals surface area (Å²) in [6.07, 6.45) is 0.632. The van der Waals surface area contributed by atoms with Crippen LogP contribution >= 0.6 is 11.6 Å². The summed E-state index contributed by atoms with van der Waals surface area (Å²) in [6.45, 7) is 5.36. The van der Waals surface area contributed by atoms with E-state index in [1.165, 1.54) is 19.1 Å². The molecule has 0 aromatic heterocycles. The van der Waals surface area contributed by atoms with Gasteiger partial charge in [-0.25, -0.2) is 4.79 Å². The van der Waals surface area contributed by atoms with Crippen LogP contribution in [0.4, 0.5) is 10.5 Å². The molecule has 3 heterocycles. The number of carbonyl (C=O) groups excluding carboxylic acids is 2. The summed E-state index contributed by atoms with van der Waals surface area (Å²) in [7, 11) is 4.48. The lowest BCUT2D eigenvalue weighted by Gasteiger charge is -2.30. The van der Waals surface area contributed by atoms with E-state index in [1.807, 2.05) is 13.0 Å². The van der Waals surface area contributed by atoms with Gasteiger partial charge in [0.2, 0.25) is 11.6 Å². The van der Waals surface area contributed by atoms with E-state index in [0.717, 1.165) is 11.1 Å². The van der Waals surface area contributed by atoms with Crippen molar-refractivity contribution in [3.63, 3.8) is 0 Å². The molecule has 7 atom stereocenters. The minimum absolute atomic E-state index is 0.129. The number of halogens is 1. The highest BCUT2D eigenvalue weighted by Gasteiger charge is 2.62. The third-order valence-electron chi connectivity index (χ3n) is 8.09. The van der Waals surface area contributed by atoms with Gasteiger partial charge in [0.1, 0.15) is 28.6 Å². The molecule has 0 saturated carbocycles. The van der Waals surface area contributed by atoms with Crippen LogP contribution in [0.25, 0.3) is 0 Å². The van der Waals surface area contributed by atoms with Crippen LogP contribution in [-0.4, -0.2) is 74.1 Å². The van der Waals surface area contributed by atoms with Gasteiger partial charge in [0, 0.05) is 26.5 Å². The average Bonchev–Trinajstić information content (AvgIpc) is 3.68. The van der Waals surface area contributed by atoms with Crippen molar-refractivity contribution in [1.29, 1.82) is 0 Å². The molecule has 1 fully saturated rings. The molecule has 1 N–H and O–H groups in total. The number of azo groups is 1. The maximum Gasteiger partial charge on any atom is 0.452 e. The Morgan fingerprint density at radius 3 is 2.66 bits per heavy atom. The Bertz CT molecular complexity index is 1300. The number of carbonyl (C=O) groups is 2. The standard InChI is InChI=1S/C28H35ClN4O8/c1-15-8-7-9-22(39-6)28(32-37)14-20(40-26(36)30-31-28)16(2)25-27(3,41-25)21(34)13-23(35)33(4)18-11-17(10-15)12-19(38-5)24(18)29/h7-9,11-12,16,20-22,25,34H,10,13-14H2,1-6H3/b9-7+,15-8+. The molecule has 0 spiro atoms. The van der Waals surface area contributed by atoms with Crippen LogP contribution in [0.2, 0.25) is 5.02 Å². The molecular formula is C28H35ClN4O8. The predicted molar refractivity (Wildman–Crippen MR) is 150 cm³/mol. The first-order valence-electron chi connectivity index (χ1n) is 13.2. The number of rotatable bonds is 3. The smallest absolute Gasteiger partial charge is 0.452 e. The molecule has 222 valence electrons. The van der Waals surface area contributed by atoms with Gasteiger partial charge in [-0.1, -0.05) is 47.4 Å². The van der Waals surface area contributed by atoms with E-state index in [4.69, 9.17) is 30.5 Å². The maximum atomic E-state index is 13.3. The number of hydrogen-bond acceptors (Lipinski definition) is 10. The number of hydrogen-bond donors (Lipinski definition) is 1. The zero-order valence-electron chi connectivity index (χ0n) is 23.9. The molecule has 12 nitrogen and oxygen atoms in total. The fourth-order valence-corrected chi connectivity index (χ4v) is 5.77. The van der Waals surface area contributed by atoms with Crippen LogP contribution in [-0.2, 0) is 25.4 Å². The Kier molecular flexibility index (Phi) is 8.98. The Morgan fingerprint density at radius 1 is 1.27 bits per heavy atom. The van der Waals surface area contributed by atoms with E-state index in [2.05, 4.69) is 15.4 Å². The average molecular weight is 591 g/mol. The fourth-order valence-electron chi connectivity index (χ4n) is 5.46. The maximum absolute atomic E-state index is 13.3. The number of anilines is 1. The monoisotopic (exact) mass is 590 g/mol. The van der Waals surface area contributed by atoms with Gasteiger partial charge in [0.15, 0.2) is 0 Å². The summed E-state index contributed by atoms with van der Waals surface area (Å²) in [5, 5.41) is 22.2. The topological polar surface area (TPSA) is 152 Å². The van der Waals surface area contributed by atoms with Gasteiger partial charge in [-0.3, -0.25) is 4.79 Å². The number of nitrogens with zero attached hydrogens (tertiary/aromatic N) is 4. The number of nitroso groups, excluding NO2 is 1. The van der Waals surface area contributed by atoms with Crippen molar-refractivity contribution in [2.45, 2.75) is 75.7 Å². The van der Waals surface area contributed by atoms with Crippen molar-refractivity contribution in [3.05, 3.63) is 51.4 Å². The number of aliphatic hydroxyl groups excluding tert-OH is 1. The highest BCUT2D eigenvalue weighted by molar-refractivity contribution is 6.35. The van der Waals surface area contributed by atoms with Gasteiger partial charge < -0.3 is 29.0 Å². The molecule has 1 saturated heterocycles. The number of allylic oxidation sites excluding steroid dienone is 3. The number of fused-ring (bicyclic) bond motifs is 5. The lowest BCUT2D eigenvalue weighted by molar-refractivity contribution is -0.121. The fraction of sp³-hybridized carbons (Fsp3) is 0.571. The second-order valence-electron chi connectivity index (χ2n) is 10.9. The quantitative estimate of drug-likeness (QED) is 0.391. The van der Waals surface area contributed by atoms with Crippen molar-refractivity contribution < 1.29 is 33.6 Å². The summed E-state index contributed by atoms with van der Waals surface area (Å²) in [4.78, 5) is 39.3. The highest BCUT2D eigenvalue weighted by atomic mass is 35.5. The molecule has 0 radical (unpaired) electrons. The van der Waals surface area contributed by atoms with Crippen molar-refractivity contribution in [2.24, 2.45) is 21.3 Å². The summed E-state index contributed by atoms with van der Waals surface area (Å²) in [5.74, 6) is -0.501. The highest BCUT2D eigenvalue weighted by Crippen LogP contribution is 2.48. The van der Waals surface area contributed by atoms with Gasteiger partial charge in [-0.2, -0.15) is 0 Å². The van der Waals surface area contributed by atoms with Gasteiger partial charge in [-0.05, 0) is 43.1 Å². The second kappa shape index (κ2) is 12.0. The van der Waals surface area contributed by atoms with Crippen LogP contribution in [0.5, 0.6) is 5.75 Å². The number of epoxide rings is 1. The van der Waals surface area contributed by atoms with E-state index < -0.39 is 47.7 Å². The van der Waals surface area contributed by atoms with Crippen molar-refractivity contribution in [1.82, 2.24) is 0 Å². The summed E-state index contributed by atoms with van der Waals surface area (Å²) in [6, 6.07) is 3.59. The first kappa shape index (κ1) is 30.8. The minimum atomic E-state index is -1.79. The third kappa shape index (κ3) is 6.06. The number of ether oxygens (including phenoxy) is 4. The molecule has 1 aromatic carbocycles. The zero-order valence-corrected chi connectivity index (χ0v) is 24.6. The minimum Gasteiger partial charge on any atom is -0.495 e. The SMILES string of the molecule is COc1cc2cc(c1Cl)N(C)C(=O)CC(O)C1(C)OC1C(C)C1CC(N=O)(N=NC(=O)O1)C(OC)/C=C/C=C(\C)C2. The van der Waals surface area contributed by atoms with Crippen LogP contribution in [0.15, 0.2) is 51.3 Å². The summed E-state index contributed by atoms with van der Waals surface area (Å²) >= 11 is 6.59. The third-order valence-corrected chi connectivity index (χ3v) is 8.47. The lowest BCUT2D eigenvalue weighted by atomic mass is 9.84.